The van der Waals surface area contributed by atoms with E-state index in [9.17, 15) is 0 Å². The van der Waals surface area contributed by atoms with Gasteiger partial charge in [-0.1, -0.05) is 39.5 Å². The Balaban J connectivity index is 3.90. The van der Waals surface area contributed by atoms with Crippen LogP contribution in [-0.4, -0.2) is 11.7 Å². The number of hydrogen-bond donors (Lipinski definition) is 1. The predicted octanol–water partition coefficient (Wildman–Crippen LogP) is 4.22. The van der Waals surface area contributed by atoms with Crippen LogP contribution in [0.3, 0.4) is 0 Å². The van der Waals surface area contributed by atoms with Crippen LogP contribution in [0.4, 0.5) is 0 Å². The third kappa shape index (κ3) is 9.78. The molecular weight excluding hydrogens is 184 g/mol. The summed E-state index contributed by atoms with van der Waals surface area (Å²) in [6, 6.07) is 0. The van der Waals surface area contributed by atoms with E-state index in [2.05, 4.69) is 19.6 Å². The lowest BCUT2D eigenvalue weighted by Gasteiger charge is -2.03. The molecule has 0 aromatic rings. The summed E-state index contributed by atoms with van der Waals surface area (Å²) in [6.45, 7) is 4.57. The van der Waals surface area contributed by atoms with Crippen LogP contribution in [0.2, 0.25) is 0 Å². The van der Waals surface area contributed by atoms with Crippen LogP contribution >= 0.6 is 0 Å². The summed E-state index contributed by atoms with van der Waals surface area (Å²) >= 11 is 0. The molecule has 0 heterocycles. The Kier molecular flexibility index (Phi) is 11.2. The van der Waals surface area contributed by atoms with Gasteiger partial charge in [-0.2, -0.15) is 0 Å². The second-order valence-electron chi connectivity index (χ2n) is 4.05. The van der Waals surface area contributed by atoms with Gasteiger partial charge in [-0.25, -0.2) is 0 Å². The van der Waals surface area contributed by atoms with E-state index in [0.29, 0.717) is 0 Å². The van der Waals surface area contributed by atoms with Crippen molar-refractivity contribution in [2.24, 2.45) is 0 Å². The molecule has 0 spiro atoms. The van der Waals surface area contributed by atoms with Gasteiger partial charge in [0.1, 0.15) is 0 Å². The molecule has 0 radical (unpaired) electrons. The third-order valence-corrected chi connectivity index (χ3v) is 2.56. The first kappa shape index (κ1) is 14.5. The Hall–Kier alpha value is -0.520. The van der Waals surface area contributed by atoms with Crippen molar-refractivity contribution in [3.8, 4) is 0 Å². The van der Waals surface area contributed by atoms with E-state index >= 15 is 0 Å². The molecule has 1 N–H and O–H groups in total. The Morgan fingerprint density at radius 1 is 1.00 bits per heavy atom. The zero-order chi connectivity index (χ0) is 11.4. The Morgan fingerprint density at radius 3 is 1.93 bits per heavy atom. The summed E-state index contributed by atoms with van der Waals surface area (Å²) in [4.78, 5) is 0. The van der Waals surface area contributed by atoms with Gasteiger partial charge in [0.25, 0.3) is 0 Å². The smallest absolute Gasteiger partial charge is 0.0686 e. The molecular formula is C14H26O. The second kappa shape index (κ2) is 11.6. The van der Waals surface area contributed by atoms with Crippen molar-refractivity contribution in [2.45, 2.75) is 65.2 Å². The fourth-order valence-corrected chi connectivity index (χ4v) is 1.64. The van der Waals surface area contributed by atoms with Crippen molar-refractivity contribution in [3.05, 3.63) is 17.4 Å². The van der Waals surface area contributed by atoms with E-state index in [0.717, 1.165) is 12.8 Å². The van der Waals surface area contributed by atoms with Gasteiger partial charge in [-0.15, -0.1) is 5.73 Å². The fourth-order valence-electron chi connectivity index (χ4n) is 1.64. The van der Waals surface area contributed by atoms with Crippen LogP contribution in [0.15, 0.2) is 17.4 Å². The zero-order valence-corrected chi connectivity index (χ0v) is 10.4. The van der Waals surface area contributed by atoms with Crippen LogP contribution in [0.1, 0.15) is 65.2 Å². The van der Waals surface area contributed by atoms with Gasteiger partial charge >= 0.3 is 0 Å². The van der Waals surface area contributed by atoms with Gasteiger partial charge in [-0.3, -0.25) is 0 Å². The van der Waals surface area contributed by atoms with Crippen molar-refractivity contribution in [1.29, 1.82) is 0 Å². The molecule has 0 aliphatic rings. The highest BCUT2D eigenvalue weighted by Crippen LogP contribution is 2.15. The molecule has 1 heteroatoms. The van der Waals surface area contributed by atoms with Crippen LogP contribution < -0.4 is 0 Å². The van der Waals surface area contributed by atoms with Crippen LogP contribution in [0, 0.1) is 0 Å². The standard InChI is InChI=1S/C14H26O/c1-3-5-7-10-14(12-9-13-15)11-8-6-4-2/h9,15H,3-8,10-11,13H2,1-2H3. The van der Waals surface area contributed by atoms with Crippen LogP contribution in [0.5, 0.6) is 0 Å². The molecule has 0 aromatic carbocycles. The number of aliphatic hydroxyl groups excluding tert-OH is 1. The molecule has 0 aliphatic carbocycles. The van der Waals surface area contributed by atoms with E-state index in [1.165, 1.54) is 44.1 Å². The minimum absolute atomic E-state index is 0.116. The average molecular weight is 210 g/mol. The summed E-state index contributed by atoms with van der Waals surface area (Å²) in [5, 5.41) is 8.73. The predicted molar refractivity (Wildman–Crippen MR) is 67.0 cm³/mol. The van der Waals surface area contributed by atoms with Crippen molar-refractivity contribution in [1.82, 2.24) is 0 Å². The minimum atomic E-state index is 0.116. The fraction of sp³-hybridized carbons (Fsp3) is 0.786. The highest BCUT2D eigenvalue weighted by atomic mass is 16.2. The highest BCUT2D eigenvalue weighted by molar-refractivity contribution is 5.01. The lowest BCUT2D eigenvalue weighted by atomic mass is 10.0. The molecule has 88 valence electrons. The zero-order valence-electron chi connectivity index (χ0n) is 10.4. The van der Waals surface area contributed by atoms with Gasteiger partial charge in [0.05, 0.1) is 6.61 Å². The average Bonchev–Trinajstić information content (AvgIpc) is 2.25. The number of hydrogen-bond acceptors (Lipinski definition) is 1. The summed E-state index contributed by atoms with van der Waals surface area (Å²) in [7, 11) is 0. The van der Waals surface area contributed by atoms with Crippen LogP contribution in [-0.2, 0) is 0 Å². The molecule has 1 nitrogen and oxygen atoms in total. The van der Waals surface area contributed by atoms with E-state index in [1.54, 1.807) is 6.08 Å². The molecule has 15 heavy (non-hydrogen) atoms. The Morgan fingerprint density at radius 2 is 1.53 bits per heavy atom. The maximum Gasteiger partial charge on any atom is 0.0686 e. The Bertz CT molecular complexity index is 176. The number of rotatable bonds is 9. The lowest BCUT2D eigenvalue weighted by Crippen LogP contribution is -1.85. The summed E-state index contributed by atoms with van der Waals surface area (Å²) in [6.07, 6.45) is 11.7. The monoisotopic (exact) mass is 210 g/mol. The molecule has 0 amide bonds. The molecule has 0 saturated carbocycles. The Labute approximate surface area is 94.9 Å². The highest BCUT2D eigenvalue weighted by Gasteiger charge is 1.96. The van der Waals surface area contributed by atoms with Gasteiger partial charge in [0, 0.05) is 0 Å². The molecule has 0 atom stereocenters. The van der Waals surface area contributed by atoms with Crippen molar-refractivity contribution in [2.75, 3.05) is 6.61 Å². The second-order valence-corrected chi connectivity index (χ2v) is 4.05. The molecule has 0 saturated heterocycles. The van der Waals surface area contributed by atoms with Gasteiger partial charge < -0.3 is 5.11 Å². The lowest BCUT2D eigenvalue weighted by molar-refractivity contribution is 0.343. The normalized spacial score (nSPS) is 9.80. The van der Waals surface area contributed by atoms with E-state index in [4.69, 9.17) is 5.11 Å². The van der Waals surface area contributed by atoms with E-state index in [-0.39, 0.29) is 6.61 Å². The molecule has 0 unspecified atom stereocenters. The quantitative estimate of drug-likeness (QED) is 0.446. The van der Waals surface area contributed by atoms with E-state index in [1.807, 2.05) is 0 Å². The van der Waals surface area contributed by atoms with Gasteiger partial charge in [0.2, 0.25) is 0 Å². The summed E-state index contributed by atoms with van der Waals surface area (Å²) in [5.41, 5.74) is 4.62. The number of unbranched alkanes of at least 4 members (excludes halogenated alkanes) is 4. The first-order valence-corrected chi connectivity index (χ1v) is 6.38. The van der Waals surface area contributed by atoms with Crippen molar-refractivity contribution in [3.63, 3.8) is 0 Å². The number of aliphatic hydroxyl groups is 1. The molecule has 0 aromatic heterocycles. The van der Waals surface area contributed by atoms with Crippen LogP contribution in [0.25, 0.3) is 0 Å². The topological polar surface area (TPSA) is 20.2 Å². The molecule has 0 aliphatic heterocycles. The van der Waals surface area contributed by atoms with Gasteiger partial charge in [0.15, 0.2) is 0 Å². The SMILES string of the molecule is CCCCCC(=C=CCO)CCCCC. The molecule has 0 fully saturated rings. The van der Waals surface area contributed by atoms with Gasteiger partial charge in [-0.05, 0) is 37.3 Å². The third-order valence-electron chi connectivity index (χ3n) is 2.56. The maximum atomic E-state index is 8.73. The summed E-state index contributed by atoms with van der Waals surface area (Å²) in [5.74, 6) is 0. The maximum absolute atomic E-state index is 8.73. The minimum Gasteiger partial charge on any atom is -0.392 e. The largest absolute Gasteiger partial charge is 0.392 e. The van der Waals surface area contributed by atoms with E-state index < -0.39 is 0 Å². The first-order valence-electron chi connectivity index (χ1n) is 6.38. The van der Waals surface area contributed by atoms with Crippen molar-refractivity contribution >= 4 is 0 Å². The first-order chi connectivity index (χ1) is 7.35. The summed E-state index contributed by atoms with van der Waals surface area (Å²) < 4.78 is 0. The molecule has 0 rings (SSSR count). The molecule has 0 bridgehead atoms. The van der Waals surface area contributed by atoms with Crippen molar-refractivity contribution < 1.29 is 5.11 Å².